The number of carboxylic acid groups (broad SMARTS) is 1. The molecular formula is C18H17F3N3O4S+. The van der Waals surface area contributed by atoms with Crippen molar-refractivity contribution in [1.82, 2.24) is 9.55 Å². The van der Waals surface area contributed by atoms with Crippen LogP contribution in [-0.4, -0.2) is 35.3 Å². The molecule has 11 heteroatoms. The van der Waals surface area contributed by atoms with Crippen LogP contribution in [0.1, 0.15) is 17.0 Å². The van der Waals surface area contributed by atoms with Crippen LogP contribution >= 0.6 is 0 Å². The third-order valence-electron chi connectivity index (χ3n) is 4.53. The third-order valence-corrected chi connectivity index (χ3v) is 5.64. The molecule has 3 rings (SSSR count). The van der Waals surface area contributed by atoms with Crippen LogP contribution in [0.15, 0.2) is 41.4 Å². The molecule has 0 aliphatic heterocycles. The number of pyridine rings is 1. The van der Waals surface area contributed by atoms with Crippen molar-refractivity contribution in [3.05, 3.63) is 53.5 Å². The Bertz CT molecular complexity index is 1220. The minimum Gasteiger partial charge on any atom is -0.479 e. The normalized spacial score (nSPS) is 12.4. The van der Waals surface area contributed by atoms with Gasteiger partial charge < -0.3 is 5.11 Å². The van der Waals surface area contributed by atoms with E-state index in [4.69, 9.17) is 5.11 Å². The Hall–Kier alpha value is -2.95. The van der Waals surface area contributed by atoms with E-state index in [-0.39, 0.29) is 18.7 Å². The molecule has 7 nitrogen and oxygen atoms in total. The molecule has 0 bridgehead atoms. The van der Waals surface area contributed by atoms with Crippen LogP contribution in [-0.2, 0) is 33.9 Å². The predicted molar refractivity (Wildman–Crippen MR) is 96.0 cm³/mol. The summed E-state index contributed by atoms with van der Waals surface area (Å²) in [5, 5.41) is 9.15. The van der Waals surface area contributed by atoms with Gasteiger partial charge in [0.15, 0.2) is 21.9 Å². The van der Waals surface area contributed by atoms with Gasteiger partial charge in [-0.05, 0) is 29.8 Å². The summed E-state index contributed by atoms with van der Waals surface area (Å²) in [7, 11) is -3.82. The molecule has 2 aromatic heterocycles. The van der Waals surface area contributed by atoms with Crippen LogP contribution in [0.3, 0.4) is 0 Å². The average Bonchev–Trinajstić information content (AvgIpc) is 2.86. The van der Waals surface area contributed by atoms with Gasteiger partial charge in [-0.3, -0.25) is 0 Å². The van der Waals surface area contributed by atoms with Gasteiger partial charge in [0.1, 0.15) is 6.20 Å². The zero-order chi connectivity index (χ0) is 21.6. The van der Waals surface area contributed by atoms with Crippen LogP contribution in [0, 0.1) is 6.92 Å². The number of benzene rings is 1. The second-order valence-corrected chi connectivity index (χ2v) is 8.56. The molecule has 3 aromatic rings. The van der Waals surface area contributed by atoms with E-state index >= 15 is 0 Å². The first-order valence-electron chi connectivity index (χ1n) is 8.35. The highest BCUT2D eigenvalue weighted by Gasteiger charge is 2.35. The largest absolute Gasteiger partial charge is 0.479 e. The minimum absolute atomic E-state index is 0.155. The molecule has 0 fully saturated rings. The molecule has 0 radical (unpaired) electrons. The average molecular weight is 428 g/mol. The van der Waals surface area contributed by atoms with Gasteiger partial charge in [-0.2, -0.15) is 13.2 Å². The van der Waals surface area contributed by atoms with E-state index in [1.165, 1.54) is 15.3 Å². The third kappa shape index (κ3) is 4.09. The monoisotopic (exact) mass is 428 g/mol. The van der Waals surface area contributed by atoms with Gasteiger partial charge in [0, 0.05) is 13.2 Å². The SMILES string of the molecule is Cc1n(CC(=O)O)c2cccnc2[n+]1Cc1ccc(S(C)(=O)=O)cc1C(F)(F)F. The Balaban J connectivity index is 2.19. The number of hydrogen-bond donors (Lipinski definition) is 1. The van der Waals surface area contributed by atoms with Gasteiger partial charge in [0.05, 0.1) is 17.0 Å². The van der Waals surface area contributed by atoms with Crippen molar-refractivity contribution in [2.24, 2.45) is 0 Å². The van der Waals surface area contributed by atoms with Crippen molar-refractivity contribution in [1.29, 1.82) is 0 Å². The van der Waals surface area contributed by atoms with Gasteiger partial charge in [-0.25, -0.2) is 22.3 Å². The summed E-state index contributed by atoms with van der Waals surface area (Å²) in [6, 6.07) is 6.09. The van der Waals surface area contributed by atoms with Gasteiger partial charge in [-0.15, -0.1) is 4.98 Å². The van der Waals surface area contributed by atoms with E-state index in [1.54, 1.807) is 19.1 Å². The van der Waals surface area contributed by atoms with Gasteiger partial charge in [0.25, 0.3) is 0 Å². The first kappa shape index (κ1) is 20.8. The molecule has 0 atom stereocenters. The lowest BCUT2D eigenvalue weighted by Gasteiger charge is -2.14. The summed E-state index contributed by atoms with van der Waals surface area (Å²) >= 11 is 0. The smallest absolute Gasteiger partial charge is 0.416 e. The Morgan fingerprint density at radius 3 is 2.55 bits per heavy atom. The lowest BCUT2D eigenvalue weighted by atomic mass is 10.1. The number of aliphatic carboxylic acids is 1. The maximum atomic E-state index is 13.6. The standard InChI is InChI=1S/C18H16F3N3O4S/c1-11-23(10-16(25)26)15-4-3-7-22-17(15)24(11)9-12-5-6-13(29(2,27)28)8-14(12)18(19,20)21/h3-8H,9-10H2,1-2H3/p+1. The molecule has 1 aromatic carbocycles. The number of alkyl halides is 3. The number of carbonyl (C=O) groups is 1. The molecule has 0 saturated carbocycles. The molecular weight excluding hydrogens is 411 g/mol. The number of hydrogen-bond acceptors (Lipinski definition) is 4. The Morgan fingerprint density at radius 2 is 1.97 bits per heavy atom. The van der Waals surface area contributed by atoms with E-state index in [2.05, 4.69) is 4.98 Å². The summed E-state index contributed by atoms with van der Waals surface area (Å²) in [6.45, 7) is 0.952. The Labute approximate surface area is 164 Å². The number of sulfone groups is 1. The van der Waals surface area contributed by atoms with Crippen molar-refractivity contribution < 1.29 is 36.1 Å². The van der Waals surface area contributed by atoms with Crippen LogP contribution in [0.4, 0.5) is 13.2 Å². The number of fused-ring (bicyclic) bond motifs is 1. The molecule has 0 unspecified atom stereocenters. The summed E-state index contributed by atoms with van der Waals surface area (Å²) in [6.07, 6.45) is -2.47. The fourth-order valence-electron chi connectivity index (χ4n) is 3.16. The molecule has 29 heavy (non-hydrogen) atoms. The van der Waals surface area contributed by atoms with E-state index in [0.717, 1.165) is 18.4 Å². The van der Waals surface area contributed by atoms with Crippen LogP contribution in [0.2, 0.25) is 0 Å². The first-order chi connectivity index (χ1) is 13.4. The first-order valence-corrected chi connectivity index (χ1v) is 10.2. The molecule has 1 N–H and O–H groups in total. The van der Waals surface area contributed by atoms with Crippen molar-refractivity contribution >= 4 is 27.0 Å². The lowest BCUT2D eigenvalue weighted by molar-refractivity contribution is -0.671. The summed E-state index contributed by atoms with van der Waals surface area (Å²) in [4.78, 5) is 15.0. The van der Waals surface area contributed by atoms with Crippen molar-refractivity contribution in [3.8, 4) is 0 Å². The maximum absolute atomic E-state index is 13.6. The Morgan fingerprint density at radius 1 is 1.28 bits per heavy atom. The van der Waals surface area contributed by atoms with Gasteiger partial charge >= 0.3 is 17.8 Å². The molecule has 154 valence electrons. The summed E-state index contributed by atoms with van der Waals surface area (Å²) in [5.41, 5.74) is -0.430. The summed E-state index contributed by atoms with van der Waals surface area (Å²) < 4.78 is 67.1. The number of imidazole rings is 1. The van der Waals surface area contributed by atoms with Crippen molar-refractivity contribution in [2.75, 3.05) is 6.26 Å². The zero-order valence-electron chi connectivity index (χ0n) is 15.4. The molecule has 0 amide bonds. The molecule has 2 heterocycles. The number of carboxylic acids is 1. The van der Waals surface area contributed by atoms with Crippen molar-refractivity contribution in [2.45, 2.75) is 31.1 Å². The van der Waals surface area contributed by atoms with Crippen LogP contribution in [0.5, 0.6) is 0 Å². The van der Waals surface area contributed by atoms with Crippen molar-refractivity contribution in [3.63, 3.8) is 0 Å². The highest BCUT2D eigenvalue weighted by atomic mass is 32.2. The lowest BCUT2D eigenvalue weighted by Crippen LogP contribution is -2.38. The number of halogens is 3. The zero-order valence-corrected chi connectivity index (χ0v) is 16.3. The maximum Gasteiger partial charge on any atom is 0.416 e. The second-order valence-electron chi connectivity index (χ2n) is 6.55. The molecule has 0 aliphatic carbocycles. The Kier molecular flexibility index (Phi) is 5.11. The molecule has 0 spiro atoms. The second kappa shape index (κ2) is 7.14. The van der Waals surface area contributed by atoms with E-state index in [0.29, 0.717) is 23.1 Å². The fraction of sp³-hybridized carbons (Fsp3) is 0.278. The number of rotatable bonds is 5. The quantitative estimate of drug-likeness (QED) is 0.629. The van der Waals surface area contributed by atoms with Crippen LogP contribution in [0.25, 0.3) is 11.2 Å². The summed E-state index contributed by atoms with van der Waals surface area (Å²) in [5.74, 6) is -0.698. The van der Waals surface area contributed by atoms with Gasteiger partial charge in [-0.1, -0.05) is 6.07 Å². The highest BCUT2D eigenvalue weighted by molar-refractivity contribution is 7.90. The topological polar surface area (TPSA) is 93.1 Å². The minimum atomic E-state index is -4.77. The van der Waals surface area contributed by atoms with E-state index in [9.17, 15) is 26.4 Å². The fourth-order valence-corrected chi connectivity index (χ4v) is 3.81. The van der Waals surface area contributed by atoms with E-state index < -0.39 is 32.4 Å². The van der Waals surface area contributed by atoms with Gasteiger partial charge in [0.2, 0.25) is 5.82 Å². The highest BCUT2D eigenvalue weighted by Crippen LogP contribution is 2.34. The molecule has 0 aliphatic rings. The van der Waals surface area contributed by atoms with Crippen LogP contribution < -0.4 is 4.57 Å². The van der Waals surface area contributed by atoms with E-state index in [1.807, 2.05) is 0 Å². The molecule has 0 saturated heterocycles. The number of aromatic nitrogens is 3. The number of nitrogens with zero attached hydrogens (tertiary/aromatic N) is 3. The predicted octanol–water partition coefficient (Wildman–Crippen LogP) is 2.19.